The van der Waals surface area contributed by atoms with Crippen molar-refractivity contribution < 1.29 is 24.2 Å². The van der Waals surface area contributed by atoms with Gasteiger partial charge in [-0.3, -0.25) is 9.59 Å². The number of hydrogen-bond donors (Lipinski definition) is 3. The Morgan fingerprint density at radius 1 is 1.07 bits per heavy atom. The average Bonchev–Trinajstić information content (AvgIpc) is 2.60. The topological polar surface area (TPSA) is 117 Å². The van der Waals surface area contributed by atoms with Gasteiger partial charge in [-0.25, -0.2) is 10.2 Å². The van der Waals surface area contributed by atoms with Crippen molar-refractivity contribution in [1.82, 2.24) is 5.43 Å². The number of amides is 2. The molecule has 0 aliphatic rings. The van der Waals surface area contributed by atoms with Crippen molar-refractivity contribution in [2.24, 2.45) is 5.10 Å². The molecular formula is C17H13Cl2N3O5. The smallest absolute Gasteiger partial charge is 0.341 e. The molecule has 0 radical (unpaired) electrons. The Labute approximate surface area is 163 Å². The third-order valence-electron chi connectivity index (χ3n) is 2.98. The van der Waals surface area contributed by atoms with Crippen LogP contribution in [0.25, 0.3) is 0 Å². The molecule has 2 amide bonds. The summed E-state index contributed by atoms with van der Waals surface area (Å²) < 4.78 is 5.09. The molecule has 10 heteroatoms. The van der Waals surface area contributed by atoms with Crippen molar-refractivity contribution in [3.8, 4) is 5.75 Å². The lowest BCUT2D eigenvalue weighted by Gasteiger charge is -2.07. The minimum atomic E-state index is -1.15. The summed E-state index contributed by atoms with van der Waals surface area (Å²) in [4.78, 5) is 34.2. The lowest BCUT2D eigenvalue weighted by molar-refractivity contribution is -0.139. The maximum atomic E-state index is 11.8. The number of carboxylic acid groups (broad SMARTS) is 1. The minimum absolute atomic E-state index is 0.197. The molecule has 0 fully saturated rings. The molecule has 0 atom stereocenters. The highest BCUT2D eigenvalue weighted by molar-refractivity contribution is 6.39. The van der Waals surface area contributed by atoms with E-state index in [1.807, 2.05) is 5.43 Å². The highest BCUT2D eigenvalue weighted by atomic mass is 35.5. The number of benzene rings is 2. The maximum absolute atomic E-state index is 11.8. The zero-order chi connectivity index (χ0) is 19.8. The lowest BCUT2D eigenvalue weighted by Crippen LogP contribution is -2.32. The first-order valence-corrected chi connectivity index (χ1v) is 8.15. The van der Waals surface area contributed by atoms with E-state index in [4.69, 9.17) is 33.0 Å². The third kappa shape index (κ3) is 6.61. The molecule has 0 aliphatic heterocycles. The van der Waals surface area contributed by atoms with Crippen LogP contribution in [0, 0.1) is 0 Å². The Kier molecular flexibility index (Phi) is 7.16. The van der Waals surface area contributed by atoms with Gasteiger partial charge in [0.15, 0.2) is 6.61 Å². The van der Waals surface area contributed by atoms with Gasteiger partial charge in [0.25, 0.3) is 0 Å². The van der Waals surface area contributed by atoms with E-state index < -0.39 is 24.4 Å². The SMILES string of the molecule is O=C(O)COc1ccc(Cl)cc1/C=N\NC(=O)C(=O)Nc1cccc(Cl)c1. The van der Waals surface area contributed by atoms with E-state index >= 15 is 0 Å². The van der Waals surface area contributed by atoms with Crippen molar-refractivity contribution in [2.45, 2.75) is 0 Å². The van der Waals surface area contributed by atoms with Crippen LogP contribution in [0.4, 0.5) is 5.69 Å². The van der Waals surface area contributed by atoms with Crippen LogP contribution in [-0.2, 0) is 14.4 Å². The molecule has 0 spiro atoms. The highest BCUT2D eigenvalue weighted by Crippen LogP contribution is 2.21. The number of carbonyl (C=O) groups is 3. The van der Waals surface area contributed by atoms with Crippen LogP contribution in [0.3, 0.4) is 0 Å². The summed E-state index contributed by atoms with van der Waals surface area (Å²) in [6.45, 7) is -0.559. The van der Waals surface area contributed by atoms with Crippen molar-refractivity contribution in [1.29, 1.82) is 0 Å². The predicted octanol–water partition coefficient (Wildman–Crippen LogP) is 2.55. The van der Waals surface area contributed by atoms with Crippen molar-refractivity contribution in [3.63, 3.8) is 0 Å². The number of ether oxygens (including phenoxy) is 1. The third-order valence-corrected chi connectivity index (χ3v) is 3.45. The van der Waals surface area contributed by atoms with Crippen LogP contribution < -0.4 is 15.5 Å². The number of carboxylic acids is 1. The summed E-state index contributed by atoms with van der Waals surface area (Å²) in [5, 5.41) is 15.4. The summed E-state index contributed by atoms with van der Waals surface area (Å²) in [7, 11) is 0. The number of nitrogens with zero attached hydrogens (tertiary/aromatic N) is 1. The Hall–Kier alpha value is -3.10. The molecule has 3 N–H and O–H groups in total. The van der Waals surface area contributed by atoms with Gasteiger partial charge in [-0.05, 0) is 36.4 Å². The molecule has 0 heterocycles. The Morgan fingerprint density at radius 3 is 2.52 bits per heavy atom. The van der Waals surface area contributed by atoms with Gasteiger partial charge in [0.05, 0.1) is 6.21 Å². The molecule has 0 aromatic heterocycles. The van der Waals surface area contributed by atoms with Gasteiger partial charge < -0.3 is 15.2 Å². The van der Waals surface area contributed by atoms with Crippen LogP contribution in [0.15, 0.2) is 47.6 Å². The standard InChI is InChI=1S/C17H13Cl2N3O5/c18-11-2-1-3-13(7-11)21-16(25)17(26)22-20-8-10-6-12(19)4-5-14(10)27-9-15(23)24/h1-8H,9H2,(H,21,25)(H,22,26)(H,23,24)/b20-8-. The van der Waals surface area contributed by atoms with Gasteiger partial charge in [0, 0.05) is 21.3 Å². The second-order valence-corrected chi connectivity index (χ2v) is 5.90. The number of aliphatic carboxylic acids is 1. The zero-order valence-corrected chi connectivity index (χ0v) is 15.1. The second kappa shape index (κ2) is 9.56. The van der Waals surface area contributed by atoms with E-state index in [9.17, 15) is 14.4 Å². The van der Waals surface area contributed by atoms with Gasteiger partial charge in [0.1, 0.15) is 5.75 Å². The van der Waals surface area contributed by atoms with E-state index in [-0.39, 0.29) is 5.75 Å². The highest BCUT2D eigenvalue weighted by Gasteiger charge is 2.13. The molecular weight excluding hydrogens is 397 g/mol. The summed E-state index contributed by atoms with van der Waals surface area (Å²) in [6.07, 6.45) is 1.17. The average molecular weight is 410 g/mol. The van der Waals surface area contributed by atoms with Gasteiger partial charge in [-0.1, -0.05) is 29.3 Å². The summed E-state index contributed by atoms with van der Waals surface area (Å²) >= 11 is 11.7. The molecule has 2 aromatic carbocycles. The summed E-state index contributed by atoms with van der Waals surface area (Å²) in [5.41, 5.74) is 2.72. The lowest BCUT2D eigenvalue weighted by atomic mass is 10.2. The maximum Gasteiger partial charge on any atom is 0.341 e. The Morgan fingerprint density at radius 2 is 1.81 bits per heavy atom. The number of anilines is 1. The molecule has 0 unspecified atom stereocenters. The van der Waals surface area contributed by atoms with Gasteiger partial charge in [-0.2, -0.15) is 5.10 Å². The quantitative estimate of drug-likeness (QED) is 0.385. The first-order valence-electron chi connectivity index (χ1n) is 7.39. The molecule has 0 bridgehead atoms. The molecule has 27 heavy (non-hydrogen) atoms. The Bertz CT molecular complexity index is 902. The largest absolute Gasteiger partial charge is 0.481 e. The molecule has 2 rings (SSSR count). The summed E-state index contributed by atoms with van der Waals surface area (Å²) in [6, 6.07) is 10.7. The van der Waals surface area contributed by atoms with E-state index in [0.29, 0.717) is 21.3 Å². The first kappa shape index (κ1) is 20.2. The molecule has 140 valence electrons. The van der Waals surface area contributed by atoms with Crippen LogP contribution in [0.1, 0.15) is 5.56 Å². The molecule has 0 saturated heterocycles. The second-order valence-electron chi connectivity index (χ2n) is 5.03. The van der Waals surface area contributed by atoms with E-state index in [2.05, 4.69) is 10.4 Å². The molecule has 8 nitrogen and oxygen atoms in total. The van der Waals surface area contributed by atoms with Crippen LogP contribution in [-0.4, -0.2) is 35.7 Å². The van der Waals surface area contributed by atoms with Crippen LogP contribution in [0.5, 0.6) is 5.75 Å². The fourth-order valence-corrected chi connectivity index (χ4v) is 2.23. The fourth-order valence-electron chi connectivity index (χ4n) is 1.86. The summed E-state index contributed by atoms with van der Waals surface area (Å²) in [5.74, 6) is -2.91. The number of rotatable bonds is 6. The van der Waals surface area contributed by atoms with Crippen LogP contribution >= 0.6 is 23.2 Å². The van der Waals surface area contributed by atoms with E-state index in [1.54, 1.807) is 18.2 Å². The van der Waals surface area contributed by atoms with Crippen molar-refractivity contribution >= 4 is 52.9 Å². The van der Waals surface area contributed by atoms with Crippen molar-refractivity contribution in [2.75, 3.05) is 11.9 Å². The van der Waals surface area contributed by atoms with E-state index in [0.717, 1.165) is 0 Å². The number of carbonyl (C=O) groups excluding carboxylic acids is 2. The normalized spacial score (nSPS) is 10.4. The molecule has 0 saturated carbocycles. The minimum Gasteiger partial charge on any atom is -0.481 e. The van der Waals surface area contributed by atoms with E-state index in [1.165, 1.54) is 30.5 Å². The zero-order valence-electron chi connectivity index (χ0n) is 13.6. The Balaban J connectivity index is 1.99. The first-order chi connectivity index (χ1) is 12.8. The number of halogens is 2. The number of hydrazone groups is 1. The number of nitrogens with one attached hydrogen (secondary N) is 2. The molecule has 0 aliphatic carbocycles. The van der Waals surface area contributed by atoms with Crippen molar-refractivity contribution in [3.05, 3.63) is 58.1 Å². The monoisotopic (exact) mass is 409 g/mol. The van der Waals surface area contributed by atoms with Crippen LogP contribution in [0.2, 0.25) is 10.0 Å². The van der Waals surface area contributed by atoms with Gasteiger partial charge in [-0.15, -0.1) is 0 Å². The van der Waals surface area contributed by atoms with Gasteiger partial charge in [0.2, 0.25) is 0 Å². The van der Waals surface area contributed by atoms with Gasteiger partial charge >= 0.3 is 17.8 Å². The molecule has 2 aromatic rings. The predicted molar refractivity (Wildman–Crippen MR) is 100 cm³/mol. The number of hydrogen-bond acceptors (Lipinski definition) is 5. The fraction of sp³-hybridized carbons (Fsp3) is 0.0588.